The maximum absolute atomic E-state index is 11.9. The number of benzene rings is 2. The van der Waals surface area contributed by atoms with E-state index in [-0.39, 0.29) is 22.2 Å². The molecule has 0 aliphatic carbocycles. The summed E-state index contributed by atoms with van der Waals surface area (Å²) in [7, 11) is 2.35. The molecule has 0 atom stereocenters. The van der Waals surface area contributed by atoms with Crippen LogP contribution in [0.3, 0.4) is 0 Å². The highest BCUT2D eigenvalue weighted by Crippen LogP contribution is 2.27. The molecule has 2 aromatic carbocycles. The van der Waals surface area contributed by atoms with Crippen LogP contribution in [0.25, 0.3) is 10.8 Å². The second kappa shape index (κ2) is 5.58. The number of non-ortho nitro benzene ring substituents is 1. The van der Waals surface area contributed by atoms with E-state index in [2.05, 4.69) is 9.47 Å². The molecule has 2 aromatic rings. The predicted octanol–water partition coefficient (Wildman–Crippen LogP) is 2.32. The Morgan fingerprint density at radius 1 is 1.05 bits per heavy atom. The maximum atomic E-state index is 11.9. The fourth-order valence-corrected chi connectivity index (χ4v) is 2.02. The van der Waals surface area contributed by atoms with Gasteiger partial charge in [0.2, 0.25) is 0 Å². The fraction of sp³-hybridized carbons (Fsp3) is 0.143. The number of hydrogen-bond acceptors (Lipinski definition) is 6. The lowest BCUT2D eigenvalue weighted by molar-refractivity contribution is -0.384. The first-order chi connectivity index (χ1) is 9.99. The molecular weight excluding hydrogens is 278 g/mol. The molecule has 0 N–H and O–H groups in total. The Kier molecular flexibility index (Phi) is 3.84. The van der Waals surface area contributed by atoms with Gasteiger partial charge in [-0.25, -0.2) is 9.59 Å². The van der Waals surface area contributed by atoms with Gasteiger partial charge < -0.3 is 9.47 Å². The van der Waals surface area contributed by atoms with Gasteiger partial charge in [-0.05, 0) is 17.5 Å². The summed E-state index contributed by atoms with van der Waals surface area (Å²) < 4.78 is 9.28. The predicted molar refractivity (Wildman–Crippen MR) is 73.3 cm³/mol. The van der Waals surface area contributed by atoms with Gasteiger partial charge in [0, 0.05) is 17.5 Å². The van der Waals surface area contributed by atoms with Crippen molar-refractivity contribution in [3.63, 3.8) is 0 Å². The first-order valence-electron chi connectivity index (χ1n) is 5.87. The lowest BCUT2D eigenvalue weighted by atomic mass is 9.98. The number of methoxy groups -OCH3 is 2. The average molecular weight is 289 g/mol. The van der Waals surface area contributed by atoms with Crippen molar-refractivity contribution >= 4 is 28.4 Å². The minimum atomic E-state index is -0.763. The number of fused-ring (bicyclic) bond motifs is 1. The zero-order valence-electron chi connectivity index (χ0n) is 11.3. The van der Waals surface area contributed by atoms with Crippen molar-refractivity contribution in [3.8, 4) is 0 Å². The number of nitrogens with zero attached hydrogens (tertiary/aromatic N) is 1. The highest BCUT2D eigenvalue weighted by atomic mass is 16.6. The van der Waals surface area contributed by atoms with Gasteiger partial charge in [-0.1, -0.05) is 6.07 Å². The van der Waals surface area contributed by atoms with Crippen molar-refractivity contribution in [2.75, 3.05) is 14.2 Å². The lowest BCUT2D eigenvalue weighted by Gasteiger charge is -2.09. The van der Waals surface area contributed by atoms with Crippen LogP contribution >= 0.6 is 0 Å². The van der Waals surface area contributed by atoms with E-state index >= 15 is 0 Å². The molecule has 0 heterocycles. The third-order valence-electron chi connectivity index (χ3n) is 3.01. The van der Waals surface area contributed by atoms with Crippen LogP contribution in [0.5, 0.6) is 0 Å². The average Bonchev–Trinajstić information content (AvgIpc) is 2.51. The van der Waals surface area contributed by atoms with Gasteiger partial charge in [-0.3, -0.25) is 10.1 Å². The van der Waals surface area contributed by atoms with E-state index in [4.69, 9.17) is 0 Å². The van der Waals surface area contributed by atoms with Crippen LogP contribution in [0.2, 0.25) is 0 Å². The van der Waals surface area contributed by atoms with Gasteiger partial charge in [-0.2, -0.15) is 0 Å². The molecule has 0 radical (unpaired) electrons. The second-order valence-corrected chi connectivity index (χ2v) is 4.13. The van der Waals surface area contributed by atoms with E-state index in [1.54, 1.807) is 6.07 Å². The highest BCUT2D eigenvalue weighted by Gasteiger charge is 2.22. The summed E-state index contributed by atoms with van der Waals surface area (Å²) in [5, 5.41) is 11.7. The van der Waals surface area contributed by atoms with E-state index < -0.39 is 16.9 Å². The molecule has 0 amide bonds. The summed E-state index contributed by atoms with van der Waals surface area (Å²) in [6.07, 6.45) is 0. The molecule has 0 aromatic heterocycles. The van der Waals surface area contributed by atoms with Gasteiger partial charge in [0.1, 0.15) is 0 Å². The van der Waals surface area contributed by atoms with Gasteiger partial charge in [-0.15, -0.1) is 0 Å². The van der Waals surface area contributed by atoms with E-state index in [0.29, 0.717) is 5.39 Å². The molecule has 0 unspecified atom stereocenters. The number of hydrogen-bond donors (Lipinski definition) is 0. The second-order valence-electron chi connectivity index (χ2n) is 4.13. The first-order valence-corrected chi connectivity index (χ1v) is 5.87. The van der Waals surface area contributed by atoms with E-state index in [1.165, 1.54) is 38.5 Å². The van der Waals surface area contributed by atoms with Crippen molar-refractivity contribution < 1.29 is 24.0 Å². The lowest BCUT2D eigenvalue weighted by Crippen LogP contribution is -2.12. The largest absolute Gasteiger partial charge is 0.465 e. The number of rotatable bonds is 3. The molecule has 0 spiro atoms. The Hall–Kier alpha value is -2.96. The van der Waals surface area contributed by atoms with Crippen LogP contribution in [0.4, 0.5) is 5.69 Å². The molecule has 2 rings (SSSR count). The summed E-state index contributed by atoms with van der Waals surface area (Å²) in [4.78, 5) is 34.0. The quantitative estimate of drug-likeness (QED) is 0.489. The van der Waals surface area contributed by atoms with Crippen LogP contribution < -0.4 is 0 Å². The van der Waals surface area contributed by atoms with E-state index in [9.17, 15) is 19.7 Å². The molecule has 0 fully saturated rings. The van der Waals surface area contributed by atoms with Crippen molar-refractivity contribution in [2.24, 2.45) is 0 Å². The molecule has 0 saturated heterocycles. The molecule has 0 aliphatic rings. The molecule has 7 nitrogen and oxygen atoms in total. The normalized spacial score (nSPS) is 10.2. The monoisotopic (exact) mass is 289 g/mol. The van der Waals surface area contributed by atoms with Crippen molar-refractivity contribution in [3.05, 3.63) is 51.6 Å². The first kappa shape index (κ1) is 14.4. The molecule has 0 saturated carbocycles. The molecule has 0 bridgehead atoms. The Morgan fingerprint density at radius 2 is 1.67 bits per heavy atom. The number of nitro benzene ring substituents is 1. The molecular formula is C14H11NO6. The van der Waals surface area contributed by atoms with Crippen molar-refractivity contribution in [1.82, 2.24) is 0 Å². The maximum Gasteiger partial charge on any atom is 0.339 e. The smallest absolute Gasteiger partial charge is 0.339 e. The Balaban J connectivity index is 2.84. The molecule has 108 valence electrons. The van der Waals surface area contributed by atoms with Gasteiger partial charge >= 0.3 is 11.9 Å². The zero-order chi connectivity index (χ0) is 15.6. The third-order valence-corrected chi connectivity index (χ3v) is 3.01. The number of ether oxygens (including phenoxy) is 2. The number of carbonyl (C=O) groups is 2. The summed E-state index contributed by atoms with van der Waals surface area (Å²) in [5.74, 6) is -1.48. The van der Waals surface area contributed by atoms with Crippen LogP contribution in [-0.2, 0) is 9.47 Å². The standard InChI is InChI=1S/C14H11NO6/c1-20-13(16)10-6-4-8-3-5-9(15(18)19)7-11(8)12(10)14(17)21-2/h3-7H,1-2H3. The van der Waals surface area contributed by atoms with Crippen LogP contribution in [0.1, 0.15) is 20.7 Å². The summed E-state index contributed by atoms with van der Waals surface area (Å²) >= 11 is 0. The van der Waals surface area contributed by atoms with E-state index in [0.717, 1.165) is 0 Å². The number of carbonyl (C=O) groups excluding carboxylic acids is 2. The summed E-state index contributed by atoms with van der Waals surface area (Å²) in [6.45, 7) is 0. The topological polar surface area (TPSA) is 95.7 Å². The third kappa shape index (κ3) is 2.53. The SMILES string of the molecule is COC(=O)c1ccc2ccc([N+](=O)[O-])cc2c1C(=O)OC. The van der Waals surface area contributed by atoms with Crippen molar-refractivity contribution in [1.29, 1.82) is 0 Å². The molecule has 21 heavy (non-hydrogen) atoms. The van der Waals surface area contributed by atoms with Gasteiger partial charge in [0.25, 0.3) is 5.69 Å². The van der Waals surface area contributed by atoms with Gasteiger partial charge in [0.15, 0.2) is 0 Å². The Labute approximate surface area is 119 Å². The van der Waals surface area contributed by atoms with Crippen LogP contribution in [0, 0.1) is 10.1 Å². The molecule has 7 heteroatoms. The van der Waals surface area contributed by atoms with Crippen LogP contribution in [-0.4, -0.2) is 31.1 Å². The summed E-state index contributed by atoms with van der Waals surface area (Å²) in [5.41, 5.74) is -0.238. The summed E-state index contributed by atoms with van der Waals surface area (Å²) in [6, 6.07) is 7.06. The van der Waals surface area contributed by atoms with Crippen LogP contribution in [0.15, 0.2) is 30.3 Å². The minimum absolute atomic E-state index is 0.00246. The Morgan fingerprint density at radius 3 is 2.24 bits per heavy atom. The fourth-order valence-electron chi connectivity index (χ4n) is 2.02. The zero-order valence-corrected chi connectivity index (χ0v) is 11.3. The molecule has 0 aliphatic heterocycles. The number of nitro groups is 1. The van der Waals surface area contributed by atoms with Crippen molar-refractivity contribution in [2.45, 2.75) is 0 Å². The minimum Gasteiger partial charge on any atom is -0.465 e. The van der Waals surface area contributed by atoms with E-state index in [1.807, 2.05) is 0 Å². The highest BCUT2D eigenvalue weighted by molar-refractivity contribution is 6.13. The van der Waals surface area contributed by atoms with Gasteiger partial charge in [0.05, 0.1) is 30.3 Å². The Bertz CT molecular complexity index is 752. The number of esters is 2.